The van der Waals surface area contributed by atoms with Gasteiger partial charge < -0.3 is 0 Å². The molecule has 1 aliphatic carbocycles. The first kappa shape index (κ1) is 10.3. The van der Waals surface area contributed by atoms with E-state index >= 15 is 0 Å². The van der Waals surface area contributed by atoms with Gasteiger partial charge in [-0.05, 0) is 30.0 Å². The summed E-state index contributed by atoms with van der Waals surface area (Å²) in [5.74, 6) is -2.65. The highest BCUT2D eigenvalue weighted by molar-refractivity contribution is 5.85. The average molecular weight is 208 g/mol. The Morgan fingerprint density at radius 1 is 1.13 bits per heavy atom. The van der Waals surface area contributed by atoms with E-state index in [2.05, 4.69) is 6.92 Å². The number of benzene rings is 1. The highest BCUT2D eigenvalue weighted by atomic mass is 19.3. The summed E-state index contributed by atoms with van der Waals surface area (Å²) in [5.41, 5.74) is 2.05. The maximum Gasteiger partial charge on any atom is 0.292 e. The molecule has 15 heavy (non-hydrogen) atoms. The molecule has 80 valence electrons. The lowest BCUT2D eigenvalue weighted by atomic mass is 10.1. The Labute approximate surface area is 88.6 Å². The molecule has 1 aliphatic rings. The van der Waals surface area contributed by atoms with Crippen molar-refractivity contribution in [3.8, 4) is 0 Å². The highest BCUT2D eigenvalue weighted by Crippen LogP contribution is 2.47. The van der Waals surface area contributed by atoms with Crippen molar-refractivity contribution in [3.05, 3.63) is 41.5 Å². The Kier molecular flexibility index (Phi) is 2.59. The average Bonchev–Trinajstić information content (AvgIpc) is 2.86. The molecule has 0 radical (unpaired) electrons. The molecule has 0 spiro atoms. The van der Waals surface area contributed by atoms with Crippen molar-refractivity contribution >= 4 is 5.57 Å². The Balaban J connectivity index is 2.02. The van der Waals surface area contributed by atoms with E-state index in [1.165, 1.54) is 5.56 Å². The fraction of sp³-hybridized carbons (Fsp3) is 0.385. The summed E-state index contributed by atoms with van der Waals surface area (Å²) in [5, 5.41) is 0. The van der Waals surface area contributed by atoms with E-state index in [1.54, 1.807) is 12.1 Å². The second-order valence-corrected chi connectivity index (χ2v) is 3.98. The van der Waals surface area contributed by atoms with Crippen LogP contribution < -0.4 is 0 Å². The van der Waals surface area contributed by atoms with E-state index in [-0.39, 0.29) is 5.57 Å². The van der Waals surface area contributed by atoms with E-state index in [1.807, 2.05) is 12.1 Å². The quantitative estimate of drug-likeness (QED) is 0.700. The lowest BCUT2D eigenvalue weighted by molar-refractivity contribution is 0.159. The lowest BCUT2D eigenvalue weighted by Crippen LogP contribution is -1.93. The number of rotatable bonds is 4. The van der Waals surface area contributed by atoms with Crippen molar-refractivity contribution in [2.45, 2.75) is 32.1 Å². The van der Waals surface area contributed by atoms with E-state index in [0.717, 1.165) is 25.3 Å². The minimum absolute atomic E-state index is 0.171. The van der Waals surface area contributed by atoms with Crippen molar-refractivity contribution in [2.75, 3.05) is 0 Å². The molecule has 0 aromatic heterocycles. The minimum Gasteiger partial charge on any atom is -0.196 e. The molecule has 1 aromatic carbocycles. The van der Waals surface area contributed by atoms with Gasteiger partial charge in [0.1, 0.15) is 0 Å². The van der Waals surface area contributed by atoms with E-state index in [0.29, 0.717) is 5.56 Å². The number of allylic oxidation sites excluding steroid dienone is 2. The molecule has 0 nitrogen and oxygen atoms in total. The second kappa shape index (κ2) is 3.76. The van der Waals surface area contributed by atoms with Gasteiger partial charge in [0.25, 0.3) is 5.92 Å². The van der Waals surface area contributed by atoms with Crippen LogP contribution >= 0.6 is 0 Å². The Hall–Kier alpha value is -1.18. The standard InChI is InChI=1S/C13H14F2/c1-2-3-4-10-5-7-11(8-6-10)12-9-13(12,14)15/h5-9H,2-4H2,1H3. The van der Waals surface area contributed by atoms with E-state index in [4.69, 9.17) is 0 Å². The Morgan fingerprint density at radius 3 is 2.20 bits per heavy atom. The molecule has 0 N–H and O–H groups in total. The fourth-order valence-electron chi connectivity index (χ4n) is 1.65. The molecule has 0 amide bonds. The van der Waals surface area contributed by atoms with Gasteiger partial charge in [-0.1, -0.05) is 37.6 Å². The molecule has 0 aliphatic heterocycles. The van der Waals surface area contributed by atoms with Crippen LogP contribution in [0.5, 0.6) is 0 Å². The molecule has 0 saturated heterocycles. The summed E-state index contributed by atoms with van der Waals surface area (Å²) in [7, 11) is 0. The van der Waals surface area contributed by atoms with Gasteiger partial charge in [0.15, 0.2) is 0 Å². The monoisotopic (exact) mass is 208 g/mol. The third-order valence-corrected chi connectivity index (χ3v) is 2.69. The first-order chi connectivity index (χ1) is 7.13. The van der Waals surface area contributed by atoms with Crippen molar-refractivity contribution in [1.29, 1.82) is 0 Å². The van der Waals surface area contributed by atoms with Crippen LogP contribution in [0.25, 0.3) is 5.57 Å². The molecule has 0 heterocycles. The number of halogens is 2. The summed E-state index contributed by atoms with van der Waals surface area (Å²) in [6.45, 7) is 2.14. The summed E-state index contributed by atoms with van der Waals surface area (Å²) in [4.78, 5) is 0. The molecule has 0 bridgehead atoms. The maximum atomic E-state index is 12.7. The van der Waals surface area contributed by atoms with Gasteiger partial charge in [-0.15, -0.1) is 0 Å². The number of hydrogen-bond donors (Lipinski definition) is 0. The zero-order valence-electron chi connectivity index (χ0n) is 8.76. The van der Waals surface area contributed by atoms with Crippen molar-refractivity contribution in [2.24, 2.45) is 0 Å². The first-order valence-electron chi connectivity index (χ1n) is 5.34. The molecular weight excluding hydrogens is 194 g/mol. The molecule has 2 rings (SSSR count). The van der Waals surface area contributed by atoms with Gasteiger partial charge in [-0.3, -0.25) is 0 Å². The van der Waals surface area contributed by atoms with Crippen LogP contribution in [0.4, 0.5) is 8.78 Å². The molecule has 0 fully saturated rings. The summed E-state index contributed by atoms with van der Waals surface area (Å²) in [6, 6.07) is 7.47. The topological polar surface area (TPSA) is 0 Å². The maximum absolute atomic E-state index is 12.7. The zero-order chi connectivity index (χ0) is 10.9. The first-order valence-corrected chi connectivity index (χ1v) is 5.34. The number of aryl methyl sites for hydroxylation is 1. The van der Waals surface area contributed by atoms with Crippen LogP contribution in [0.2, 0.25) is 0 Å². The van der Waals surface area contributed by atoms with Crippen LogP contribution in [0.1, 0.15) is 30.9 Å². The van der Waals surface area contributed by atoms with Gasteiger partial charge in [-0.25, -0.2) is 0 Å². The molecule has 2 heteroatoms. The third-order valence-electron chi connectivity index (χ3n) is 2.69. The number of unbranched alkanes of at least 4 members (excludes halogenated alkanes) is 1. The lowest BCUT2D eigenvalue weighted by Gasteiger charge is -2.02. The minimum atomic E-state index is -2.65. The van der Waals surface area contributed by atoms with Crippen molar-refractivity contribution in [1.82, 2.24) is 0 Å². The smallest absolute Gasteiger partial charge is 0.196 e. The third kappa shape index (κ3) is 2.25. The zero-order valence-corrected chi connectivity index (χ0v) is 8.76. The van der Waals surface area contributed by atoms with E-state index in [9.17, 15) is 8.78 Å². The van der Waals surface area contributed by atoms with Crippen molar-refractivity contribution in [3.63, 3.8) is 0 Å². The number of alkyl halides is 2. The predicted octanol–water partition coefficient (Wildman–Crippen LogP) is 4.06. The Morgan fingerprint density at radius 2 is 1.73 bits per heavy atom. The molecule has 0 unspecified atom stereocenters. The van der Waals surface area contributed by atoms with Gasteiger partial charge in [-0.2, -0.15) is 8.78 Å². The normalized spacial score (nSPS) is 17.4. The van der Waals surface area contributed by atoms with Crippen LogP contribution in [-0.2, 0) is 6.42 Å². The van der Waals surface area contributed by atoms with Gasteiger partial charge in [0.05, 0.1) is 0 Å². The molecule has 0 atom stereocenters. The van der Waals surface area contributed by atoms with Crippen molar-refractivity contribution < 1.29 is 8.78 Å². The van der Waals surface area contributed by atoms with E-state index < -0.39 is 5.92 Å². The SMILES string of the molecule is CCCCc1ccc(C2=CC2(F)F)cc1. The summed E-state index contributed by atoms with van der Waals surface area (Å²) >= 11 is 0. The van der Waals surface area contributed by atoms with Gasteiger partial charge in [0, 0.05) is 5.57 Å². The number of hydrogen-bond acceptors (Lipinski definition) is 0. The predicted molar refractivity (Wildman–Crippen MR) is 58.0 cm³/mol. The largest absolute Gasteiger partial charge is 0.292 e. The van der Waals surface area contributed by atoms with Gasteiger partial charge >= 0.3 is 0 Å². The van der Waals surface area contributed by atoms with Crippen LogP contribution in [0, 0.1) is 0 Å². The molecule has 1 aromatic rings. The summed E-state index contributed by atoms with van der Waals surface area (Å²) < 4.78 is 25.4. The molecular formula is C13H14F2. The Bertz CT molecular complexity index is 374. The molecule has 0 saturated carbocycles. The highest BCUT2D eigenvalue weighted by Gasteiger charge is 2.45. The van der Waals surface area contributed by atoms with Crippen LogP contribution in [0.15, 0.2) is 30.3 Å². The van der Waals surface area contributed by atoms with Crippen LogP contribution in [-0.4, -0.2) is 5.92 Å². The van der Waals surface area contributed by atoms with Gasteiger partial charge in [0.2, 0.25) is 0 Å². The van der Waals surface area contributed by atoms with Crippen LogP contribution in [0.3, 0.4) is 0 Å². The summed E-state index contributed by atoms with van der Waals surface area (Å²) in [6.07, 6.45) is 4.35. The second-order valence-electron chi connectivity index (χ2n) is 3.98. The fourth-order valence-corrected chi connectivity index (χ4v) is 1.65.